The summed E-state index contributed by atoms with van der Waals surface area (Å²) in [5.41, 5.74) is 2.65. The van der Waals surface area contributed by atoms with E-state index in [4.69, 9.17) is 4.74 Å². The number of ether oxygens (including phenoxy) is 1. The van der Waals surface area contributed by atoms with Crippen LogP contribution in [0.2, 0.25) is 0 Å². The minimum atomic E-state index is 0.479. The second kappa shape index (κ2) is 6.33. The average molecular weight is 319 g/mol. The Labute approximate surface area is 106 Å². The quantitative estimate of drug-likeness (QED) is 0.665. The molecule has 0 heterocycles. The maximum absolute atomic E-state index is 5.35. The molecule has 2 nitrogen and oxygen atoms in total. The number of benzene rings is 1. The van der Waals surface area contributed by atoms with Crippen LogP contribution >= 0.6 is 22.6 Å². The van der Waals surface area contributed by atoms with Gasteiger partial charge in [0, 0.05) is 9.49 Å². The Bertz CT molecular complexity index is 312. The van der Waals surface area contributed by atoms with E-state index in [0.29, 0.717) is 3.92 Å². The van der Waals surface area contributed by atoms with Crippen molar-refractivity contribution in [3.8, 4) is 5.75 Å². The van der Waals surface area contributed by atoms with Crippen LogP contribution in [0.25, 0.3) is 0 Å². The van der Waals surface area contributed by atoms with Crippen LogP contribution in [0.3, 0.4) is 0 Å². The number of rotatable bonds is 5. The van der Waals surface area contributed by atoms with Gasteiger partial charge >= 0.3 is 0 Å². The van der Waals surface area contributed by atoms with Crippen molar-refractivity contribution >= 4 is 22.6 Å². The second-order valence-corrected chi connectivity index (χ2v) is 5.41. The van der Waals surface area contributed by atoms with Crippen LogP contribution < -0.4 is 10.1 Å². The molecule has 0 spiro atoms. The molecule has 3 heteroatoms. The Hall–Kier alpha value is -0.290. The molecule has 0 saturated carbocycles. The van der Waals surface area contributed by atoms with E-state index >= 15 is 0 Å². The van der Waals surface area contributed by atoms with Crippen LogP contribution in [0.4, 0.5) is 0 Å². The topological polar surface area (TPSA) is 21.3 Å². The Kier molecular flexibility index (Phi) is 5.39. The smallest absolute Gasteiger partial charge is 0.123 e. The minimum Gasteiger partial charge on any atom is -0.496 e. The summed E-state index contributed by atoms with van der Waals surface area (Å²) in [6, 6.07) is 6.45. The van der Waals surface area contributed by atoms with E-state index in [9.17, 15) is 0 Å². The molecule has 0 aromatic heterocycles. The van der Waals surface area contributed by atoms with Crippen molar-refractivity contribution in [3.05, 3.63) is 29.3 Å². The molecule has 1 N–H and O–H groups in total. The third kappa shape index (κ3) is 3.65. The molecule has 1 rings (SSSR count). The van der Waals surface area contributed by atoms with Gasteiger partial charge in [-0.15, -0.1) is 0 Å². The third-order valence-corrected chi connectivity index (χ3v) is 3.06. The first-order valence-electron chi connectivity index (χ1n) is 5.14. The Balaban J connectivity index is 2.89. The molecule has 0 bridgehead atoms. The average Bonchev–Trinajstić information content (AvgIpc) is 2.25. The predicted octanol–water partition coefficient (Wildman–Crippen LogP) is 2.95. The van der Waals surface area contributed by atoms with Gasteiger partial charge in [-0.2, -0.15) is 0 Å². The lowest BCUT2D eigenvalue weighted by Crippen LogP contribution is -2.10. The van der Waals surface area contributed by atoms with E-state index in [2.05, 4.69) is 53.0 Å². The zero-order valence-corrected chi connectivity index (χ0v) is 11.7. The van der Waals surface area contributed by atoms with E-state index in [0.717, 1.165) is 18.7 Å². The molecule has 0 aliphatic rings. The second-order valence-electron chi connectivity index (χ2n) is 3.55. The number of hydrogen-bond acceptors (Lipinski definition) is 2. The van der Waals surface area contributed by atoms with Gasteiger partial charge < -0.3 is 10.1 Å². The third-order valence-electron chi connectivity index (χ3n) is 2.39. The highest BCUT2D eigenvalue weighted by atomic mass is 127. The van der Waals surface area contributed by atoms with Gasteiger partial charge in [-0.1, -0.05) is 34.7 Å². The van der Waals surface area contributed by atoms with Crippen molar-refractivity contribution < 1.29 is 4.74 Å². The Morgan fingerprint density at radius 3 is 2.73 bits per heavy atom. The number of alkyl halides is 1. The first-order chi connectivity index (χ1) is 7.19. The fourth-order valence-corrected chi connectivity index (χ4v) is 2.01. The fraction of sp³-hybridized carbons (Fsp3) is 0.500. The molecule has 1 atom stereocenters. The standard InChI is InChI=1S/C12H18INO/c1-9(13)11-8-10(6-7-14-2)4-5-12(11)15-3/h4-5,8-9,14H,6-7H2,1-3H3/t9-/m1/s1. The van der Waals surface area contributed by atoms with Crippen LogP contribution in [0.15, 0.2) is 18.2 Å². The molecule has 0 amide bonds. The van der Waals surface area contributed by atoms with Gasteiger partial charge in [0.15, 0.2) is 0 Å². The summed E-state index contributed by atoms with van der Waals surface area (Å²) in [6.45, 7) is 3.20. The summed E-state index contributed by atoms with van der Waals surface area (Å²) in [5, 5.41) is 3.16. The van der Waals surface area contributed by atoms with Crippen molar-refractivity contribution in [2.24, 2.45) is 0 Å². The number of hydrogen-bond donors (Lipinski definition) is 1. The maximum Gasteiger partial charge on any atom is 0.123 e. The van der Waals surface area contributed by atoms with E-state index in [1.165, 1.54) is 11.1 Å². The van der Waals surface area contributed by atoms with E-state index in [1.807, 2.05) is 7.05 Å². The molecule has 0 aliphatic carbocycles. The molecular weight excluding hydrogens is 301 g/mol. The van der Waals surface area contributed by atoms with Crippen molar-refractivity contribution in [1.82, 2.24) is 5.32 Å². The van der Waals surface area contributed by atoms with E-state index in [-0.39, 0.29) is 0 Å². The van der Waals surface area contributed by atoms with E-state index in [1.54, 1.807) is 7.11 Å². The van der Waals surface area contributed by atoms with Crippen LogP contribution in [-0.4, -0.2) is 20.7 Å². The summed E-state index contributed by atoms with van der Waals surface area (Å²) in [4.78, 5) is 0. The van der Waals surface area contributed by atoms with Crippen LogP contribution in [0.5, 0.6) is 5.75 Å². The molecule has 1 aromatic carbocycles. The van der Waals surface area contributed by atoms with Crippen molar-refractivity contribution in [3.63, 3.8) is 0 Å². The number of halogens is 1. The van der Waals surface area contributed by atoms with Gasteiger partial charge in [0.1, 0.15) is 5.75 Å². The molecule has 0 saturated heterocycles. The van der Waals surface area contributed by atoms with Gasteiger partial charge in [0.25, 0.3) is 0 Å². The molecule has 15 heavy (non-hydrogen) atoms. The zero-order chi connectivity index (χ0) is 11.3. The van der Waals surface area contributed by atoms with Gasteiger partial charge in [-0.3, -0.25) is 0 Å². The highest BCUT2D eigenvalue weighted by Crippen LogP contribution is 2.31. The van der Waals surface area contributed by atoms with Crippen LogP contribution in [-0.2, 0) is 6.42 Å². The van der Waals surface area contributed by atoms with Crippen LogP contribution in [0, 0.1) is 0 Å². The van der Waals surface area contributed by atoms with Gasteiger partial charge in [0.2, 0.25) is 0 Å². The zero-order valence-electron chi connectivity index (χ0n) is 9.51. The monoisotopic (exact) mass is 319 g/mol. The van der Waals surface area contributed by atoms with Gasteiger partial charge in [-0.05, 0) is 38.6 Å². The first kappa shape index (κ1) is 12.8. The minimum absolute atomic E-state index is 0.479. The molecule has 0 fully saturated rings. The van der Waals surface area contributed by atoms with Gasteiger partial charge in [0.05, 0.1) is 7.11 Å². The molecule has 1 aromatic rings. The van der Waals surface area contributed by atoms with Crippen molar-refractivity contribution in [2.45, 2.75) is 17.3 Å². The lowest BCUT2D eigenvalue weighted by atomic mass is 10.1. The Morgan fingerprint density at radius 2 is 2.20 bits per heavy atom. The number of nitrogens with one attached hydrogen (secondary N) is 1. The summed E-state index contributed by atoms with van der Waals surface area (Å²) >= 11 is 2.42. The van der Waals surface area contributed by atoms with Crippen LogP contribution in [0.1, 0.15) is 22.0 Å². The normalized spacial score (nSPS) is 12.5. The lowest BCUT2D eigenvalue weighted by Gasteiger charge is -2.12. The molecule has 0 aliphatic heterocycles. The number of likely N-dealkylation sites (N-methyl/N-ethyl adjacent to an activating group) is 1. The number of methoxy groups -OCH3 is 1. The highest BCUT2D eigenvalue weighted by molar-refractivity contribution is 14.1. The summed E-state index contributed by atoms with van der Waals surface area (Å²) in [6.07, 6.45) is 1.07. The molecule has 0 radical (unpaired) electrons. The summed E-state index contributed by atoms with van der Waals surface area (Å²) in [5.74, 6) is 0.991. The molecule has 0 unspecified atom stereocenters. The Morgan fingerprint density at radius 1 is 1.47 bits per heavy atom. The fourth-order valence-electron chi connectivity index (χ4n) is 1.52. The highest BCUT2D eigenvalue weighted by Gasteiger charge is 2.08. The lowest BCUT2D eigenvalue weighted by molar-refractivity contribution is 0.410. The first-order valence-corrected chi connectivity index (χ1v) is 6.39. The van der Waals surface area contributed by atoms with Crippen molar-refractivity contribution in [1.29, 1.82) is 0 Å². The molecular formula is C12H18INO. The SMILES string of the molecule is CNCCc1ccc(OC)c([C@@H](C)I)c1. The van der Waals surface area contributed by atoms with E-state index < -0.39 is 0 Å². The molecule has 84 valence electrons. The van der Waals surface area contributed by atoms with Crippen molar-refractivity contribution in [2.75, 3.05) is 20.7 Å². The summed E-state index contributed by atoms with van der Waals surface area (Å²) in [7, 11) is 3.70. The summed E-state index contributed by atoms with van der Waals surface area (Å²) < 4.78 is 5.82. The predicted molar refractivity (Wildman–Crippen MR) is 73.1 cm³/mol. The van der Waals surface area contributed by atoms with Gasteiger partial charge in [-0.25, -0.2) is 0 Å². The largest absolute Gasteiger partial charge is 0.496 e. The maximum atomic E-state index is 5.35.